The minimum atomic E-state index is -0.589. The van der Waals surface area contributed by atoms with Crippen molar-refractivity contribution in [2.24, 2.45) is 0 Å². The highest BCUT2D eigenvalue weighted by Gasteiger charge is 2.34. The minimum absolute atomic E-state index is 0.0886. The summed E-state index contributed by atoms with van der Waals surface area (Å²) >= 11 is 0. The topological polar surface area (TPSA) is 103 Å². The van der Waals surface area contributed by atoms with Gasteiger partial charge in [-0.2, -0.15) is 10.4 Å². The molecule has 0 unspecified atom stereocenters. The van der Waals surface area contributed by atoms with Gasteiger partial charge in [-0.15, -0.1) is 0 Å². The average Bonchev–Trinajstić information content (AvgIpc) is 3.10. The maximum Gasteiger partial charge on any atom is 0.255 e. The predicted molar refractivity (Wildman–Crippen MR) is 105 cm³/mol. The van der Waals surface area contributed by atoms with Gasteiger partial charge in [-0.3, -0.25) is 4.79 Å². The molecule has 3 N–H and O–H groups in total. The third kappa shape index (κ3) is 2.97. The Bertz CT molecular complexity index is 1130. The fourth-order valence-corrected chi connectivity index (χ4v) is 3.35. The van der Waals surface area contributed by atoms with Gasteiger partial charge >= 0.3 is 0 Å². The molecule has 0 fully saturated rings. The highest BCUT2D eigenvalue weighted by Crippen LogP contribution is 2.38. The minimum Gasteiger partial charge on any atom is -0.508 e. The summed E-state index contributed by atoms with van der Waals surface area (Å²) in [5, 5.41) is 29.7. The second-order valence-electron chi connectivity index (χ2n) is 6.44. The largest absolute Gasteiger partial charge is 0.508 e. The number of carbonyl (C=O) groups is 1. The number of nitriles is 1. The first kappa shape index (κ1) is 17.4. The lowest BCUT2D eigenvalue weighted by Gasteiger charge is -2.30. The fourth-order valence-electron chi connectivity index (χ4n) is 3.35. The first-order valence-electron chi connectivity index (χ1n) is 8.69. The highest BCUT2D eigenvalue weighted by atomic mass is 16.3. The average molecular weight is 371 g/mol. The molecule has 2 aromatic carbocycles. The molecule has 3 aromatic rings. The summed E-state index contributed by atoms with van der Waals surface area (Å²) in [5.41, 5.74) is 2.81. The van der Waals surface area contributed by atoms with Gasteiger partial charge in [0.15, 0.2) is 0 Å². The molecule has 138 valence electrons. The molecule has 28 heavy (non-hydrogen) atoms. The molecule has 0 bridgehead atoms. The molecule has 4 rings (SSSR count). The van der Waals surface area contributed by atoms with E-state index in [1.54, 1.807) is 41.9 Å². The van der Waals surface area contributed by atoms with Crippen LogP contribution in [0.4, 0.5) is 11.5 Å². The van der Waals surface area contributed by atoms with Crippen LogP contribution in [0.3, 0.4) is 0 Å². The van der Waals surface area contributed by atoms with E-state index in [0.717, 1.165) is 0 Å². The van der Waals surface area contributed by atoms with E-state index in [1.165, 1.54) is 6.20 Å². The van der Waals surface area contributed by atoms with Crippen molar-refractivity contribution in [1.29, 1.82) is 5.26 Å². The summed E-state index contributed by atoms with van der Waals surface area (Å²) in [6, 6.07) is 17.4. The van der Waals surface area contributed by atoms with Gasteiger partial charge in [0.05, 0.1) is 11.8 Å². The van der Waals surface area contributed by atoms with Gasteiger partial charge in [0.2, 0.25) is 0 Å². The number of aromatic nitrogens is 2. The Morgan fingerprint density at radius 1 is 1.25 bits per heavy atom. The van der Waals surface area contributed by atoms with Crippen LogP contribution in [0.15, 0.2) is 72.1 Å². The number of rotatable bonds is 3. The number of amides is 1. The van der Waals surface area contributed by atoms with Crippen molar-refractivity contribution in [3.8, 4) is 11.8 Å². The lowest BCUT2D eigenvalue weighted by molar-refractivity contribution is -0.113. The molecule has 1 atom stereocenters. The number of para-hydroxylation sites is 1. The van der Waals surface area contributed by atoms with Gasteiger partial charge < -0.3 is 15.7 Å². The molecule has 0 aliphatic carbocycles. The number of phenolic OH excluding ortho intramolecular Hbond substituents is 1. The van der Waals surface area contributed by atoms with Crippen LogP contribution in [0.5, 0.6) is 5.75 Å². The molecule has 0 spiro atoms. The molecule has 7 heteroatoms. The molecule has 0 saturated carbocycles. The van der Waals surface area contributed by atoms with Gasteiger partial charge in [-0.25, -0.2) is 4.68 Å². The van der Waals surface area contributed by atoms with E-state index in [2.05, 4.69) is 21.8 Å². The Balaban J connectivity index is 1.83. The van der Waals surface area contributed by atoms with Crippen molar-refractivity contribution in [3.05, 3.63) is 83.2 Å². The van der Waals surface area contributed by atoms with Crippen LogP contribution in [0.1, 0.15) is 24.1 Å². The maximum absolute atomic E-state index is 13.2. The van der Waals surface area contributed by atoms with Crippen molar-refractivity contribution >= 4 is 17.4 Å². The van der Waals surface area contributed by atoms with E-state index in [-0.39, 0.29) is 11.7 Å². The molecule has 1 aliphatic rings. The second kappa shape index (κ2) is 6.93. The van der Waals surface area contributed by atoms with E-state index in [0.29, 0.717) is 33.9 Å². The van der Waals surface area contributed by atoms with Crippen LogP contribution >= 0.6 is 0 Å². The highest BCUT2D eigenvalue weighted by molar-refractivity contribution is 6.06. The van der Waals surface area contributed by atoms with Gasteiger partial charge in [-0.1, -0.05) is 30.3 Å². The Morgan fingerprint density at radius 2 is 2.04 bits per heavy atom. The number of anilines is 2. The Hall–Kier alpha value is -4.05. The van der Waals surface area contributed by atoms with Gasteiger partial charge in [-0.05, 0) is 36.8 Å². The molecule has 1 amide bonds. The molecule has 7 nitrogen and oxygen atoms in total. The summed E-state index contributed by atoms with van der Waals surface area (Å²) in [7, 11) is 0. The van der Waals surface area contributed by atoms with Gasteiger partial charge in [0, 0.05) is 11.4 Å². The normalized spacial score (nSPS) is 15.4. The standard InChI is InChI=1S/C21H17N5O2/c1-13-18(21(28)25-16-7-3-2-4-8-16)19(14-6-5-9-17(27)10-14)26-20(24-13)15(11-22)12-23-26/h2-10,12,19,24,27H,1H3,(H,25,28)/t19-/m0/s1. The maximum atomic E-state index is 13.2. The molecular weight excluding hydrogens is 354 g/mol. The van der Waals surface area contributed by atoms with E-state index < -0.39 is 6.04 Å². The number of aromatic hydroxyl groups is 1. The monoisotopic (exact) mass is 371 g/mol. The number of fused-ring (bicyclic) bond motifs is 1. The smallest absolute Gasteiger partial charge is 0.255 e. The lowest BCUT2D eigenvalue weighted by atomic mass is 9.94. The summed E-state index contributed by atoms with van der Waals surface area (Å²) in [6.07, 6.45) is 1.46. The third-order valence-corrected chi connectivity index (χ3v) is 4.61. The zero-order chi connectivity index (χ0) is 19.7. The van der Waals surface area contributed by atoms with E-state index in [4.69, 9.17) is 0 Å². The summed E-state index contributed by atoms with van der Waals surface area (Å²) in [5.74, 6) is 0.319. The number of carbonyl (C=O) groups excluding carboxylic acids is 1. The van der Waals surface area contributed by atoms with Crippen molar-refractivity contribution in [1.82, 2.24) is 9.78 Å². The number of benzene rings is 2. The van der Waals surface area contributed by atoms with Crippen LogP contribution in [0.2, 0.25) is 0 Å². The van der Waals surface area contributed by atoms with Crippen molar-refractivity contribution < 1.29 is 9.90 Å². The SMILES string of the molecule is CC1=C(C(=O)Nc2ccccc2)[C@H](c2cccc(O)c2)n2ncc(C#N)c2N1. The zero-order valence-corrected chi connectivity index (χ0v) is 15.0. The molecular formula is C21H17N5O2. The van der Waals surface area contributed by atoms with Crippen molar-refractivity contribution in [3.63, 3.8) is 0 Å². The van der Waals surface area contributed by atoms with Crippen LogP contribution in [0.25, 0.3) is 0 Å². The molecule has 1 aliphatic heterocycles. The number of nitrogens with zero attached hydrogens (tertiary/aromatic N) is 3. The van der Waals surface area contributed by atoms with Gasteiger partial charge in [0.1, 0.15) is 29.2 Å². The number of hydrogen-bond acceptors (Lipinski definition) is 5. The first-order valence-corrected chi connectivity index (χ1v) is 8.69. The molecule has 0 saturated heterocycles. The lowest BCUT2D eigenvalue weighted by Crippen LogP contribution is -2.31. The summed E-state index contributed by atoms with van der Waals surface area (Å²) < 4.78 is 1.60. The van der Waals surface area contributed by atoms with Crippen LogP contribution in [-0.4, -0.2) is 20.8 Å². The Morgan fingerprint density at radius 3 is 2.75 bits per heavy atom. The summed E-state index contributed by atoms with van der Waals surface area (Å²) in [4.78, 5) is 13.2. The third-order valence-electron chi connectivity index (χ3n) is 4.61. The van der Waals surface area contributed by atoms with Crippen LogP contribution in [0, 0.1) is 11.3 Å². The van der Waals surface area contributed by atoms with E-state index in [9.17, 15) is 15.2 Å². The number of phenols is 1. The van der Waals surface area contributed by atoms with Crippen molar-refractivity contribution in [2.75, 3.05) is 10.6 Å². The van der Waals surface area contributed by atoms with E-state index >= 15 is 0 Å². The fraction of sp³-hybridized carbons (Fsp3) is 0.0952. The number of allylic oxidation sites excluding steroid dienone is 1. The molecule has 2 heterocycles. The first-order chi connectivity index (χ1) is 13.6. The van der Waals surface area contributed by atoms with E-state index in [1.807, 2.05) is 24.3 Å². The number of hydrogen-bond donors (Lipinski definition) is 3. The second-order valence-corrected chi connectivity index (χ2v) is 6.44. The molecule has 0 radical (unpaired) electrons. The van der Waals surface area contributed by atoms with Gasteiger partial charge in [0.25, 0.3) is 5.91 Å². The number of nitrogens with one attached hydrogen (secondary N) is 2. The van der Waals surface area contributed by atoms with Crippen molar-refractivity contribution in [2.45, 2.75) is 13.0 Å². The molecule has 1 aromatic heterocycles. The van der Waals surface area contributed by atoms with Crippen LogP contribution < -0.4 is 10.6 Å². The quantitative estimate of drug-likeness (QED) is 0.655. The van der Waals surface area contributed by atoms with Crippen LogP contribution in [-0.2, 0) is 4.79 Å². The summed E-state index contributed by atoms with van der Waals surface area (Å²) in [6.45, 7) is 1.79. The predicted octanol–water partition coefficient (Wildman–Crippen LogP) is 3.39. The Kier molecular flexibility index (Phi) is 4.30. The Labute approximate surface area is 161 Å². The zero-order valence-electron chi connectivity index (χ0n) is 15.0.